The van der Waals surface area contributed by atoms with E-state index in [2.05, 4.69) is 0 Å². The molecule has 0 saturated carbocycles. The molecule has 0 bridgehead atoms. The lowest BCUT2D eigenvalue weighted by molar-refractivity contribution is 0.0454. The van der Waals surface area contributed by atoms with Crippen LogP contribution in [0.4, 0.5) is 4.39 Å². The largest absolute Gasteiger partial charge is 0.487 e. The van der Waals surface area contributed by atoms with Crippen molar-refractivity contribution in [1.29, 1.82) is 0 Å². The minimum atomic E-state index is -3.71. The average molecular weight is 361 g/mol. The quantitative estimate of drug-likeness (QED) is 0.825. The Bertz CT molecular complexity index is 889. The second-order valence-electron chi connectivity index (χ2n) is 6.22. The summed E-state index contributed by atoms with van der Waals surface area (Å²) in [6.45, 7) is 5.39. The van der Waals surface area contributed by atoms with Crippen molar-refractivity contribution in [1.82, 2.24) is 4.31 Å². The molecule has 3 rings (SSSR count). The molecule has 0 amide bonds. The summed E-state index contributed by atoms with van der Waals surface area (Å²) in [5.74, 6) is 0.145. The van der Waals surface area contributed by atoms with Crippen LogP contribution >= 0.6 is 0 Å². The van der Waals surface area contributed by atoms with Gasteiger partial charge < -0.3 is 4.74 Å². The molecule has 0 spiro atoms. The summed E-state index contributed by atoms with van der Waals surface area (Å²) in [5.41, 5.74) is 1.72. The second kappa shape index (κ2) is 6.52. The van der Waals surface area contributed by atoms with E-state index < -0.39 is 22.2 Å². The van der Waals surface area contributed by atoms with E-state index in [1.165, 1.54) is 22.6 Å². The lowest BCUT2D eigenvalue weighted by atomic mass is 10.0. The molecule has 0 aromatic heterocycles. The summed E-state index contributed by atoms with van der Waals surface area (Å²) in [4.78, 5) is 0.230. The van der Waals surface area contributed by atoms with Gasteiger partial charge in [-0.1, -0.05) is 29.8 Å². The first-order chi connectivity index (χ1) is 11.8. The Morgan fingerprint density at radius 3 is 2.20 bits per heavy atom. The van der Waals surface area contributed by atoms with Crippen molar-refractivity contribution in [2.75, 3.05) is 0 Å². The van der Waals surface area contributed by atoms with Gasteiger partial charge in [0.05, 0.1) is 17.1 Å². The van der Waals surface area contributed by atoms with Gasteiger partial charge in [0.1, 0.15) is 17.7 Å². The van der Waals surface area contributed by atoms with Crippen LogP contribution in [0.25, 0.3) is 0 Å². The molecule has 25 heavy (non-hydrogen) atoms. The molecule has 0 aliphatic carbocycles. The summed E-state index contributed by atoms with van der Waals surface area (Å²) in [7, 11) is -3.71. The number of hydrogen-bond acceptors (Lipinski definition) is 3. The van der Waals surface area contributed by atoms with Crippen LogP contribution in [0.15, 0.2) is 65.4 Å². The van der Waals surface area contributed by atoms with Crippen LogP contribution in [0.5, 0.6) is 0 Å². The molecule has 0 saturated heterocycles. The number of ether oxygens (including phenoxy) is 1. The standard InChI is InChI=1S/C19H20FNO3S/c1-13-4-10-18(11-5-13)25(22,23)21-12-14(2)24-19(15(21)3)16-6-8-17(20)9-7-16/h4-12,15,19H,1-3H3/t15-,19-/m1/s1. The van der Waals surface area contributed by atoms with Gasteiger partial charge in [-0.25, -0.2) is 12.8 Å². The zero-order valence-corrected chi connectivity index (χ0v) is 15.1. The van der Waals surface area contributed by atoms with E-state index in [0.717, 1.165) is 11.1 Å². The van der Waals surface area contributed by atoms with Crippen molar-refractivity contribution >= 4 is 10.0 Å². The third kappa shape index (κ3) is 3.39. The third-order valence-corrected chi connectivity index (χ3v) is 6.12. The van der Waals surface area contributed by atoms with E-state index in [1.54, 1.807) is 50.2 Å². The number of benzene rings is 2. The molecule has 0 radical (unpaired) electrons. The minimum absolute atomic E-state index is 0.230. The van der Waals surface area contributed by atoms with Gasteiger partial charge in [-0.05, 0) is 50.6 Å². The van der Waals surface area contributed by atoms with Gasteiger partial charge in [-0.2, -0.15) is 0 Å². The molecular formula is C19H20FNO3S. The van der Waals surface area contributed by atoms with Gasteiger partial charge in [0.2, 0.25) is 0 Å². The van der Waals surface area contributed by atoms with Crippen molar-refractivity contribution in [3.05, 3.63) is 77.4 Å². The Balaban J connectivity index is 1.99. The highest BCUT2D eigenvalue weighted by Gasteiger charge is 2.36. The maximum atomic E-state index is 13.2. The van der Waals surface area contributed by atoms with Crippen molar-refractivity contribution < 1.29 is 17.5 Å². The van der Waals surface area contributed by atoms with E-state index in [9.17, 15) is 12.8 Å². The van der Waals surface area contributed by atoms with Gasteiger partial charge in [-0.15, -0.1) is 0 Å². The van der Waals surface area contributed by atoms with Crippen LogP contribution in [0.1, 0.15) is 31.1 Å². The molecule has 2 aromatic rings. The van der Waals surface area contributed by atoms with Crippen LogP contribution in [0, 0.1) is 12.7 Å². The Hall–Kier alpha value is -2.34. The molecule has 132 valence electrons. The highest BCUT2D eigenvalue weighted by Crippen LogP contribution is 2.35. The number of rotatable bonds is 3. The highest BCUT2D eigenvalue weighted by atomic mass is 32.2. The van der Waals surface area contributed by atoms with Crippen molar-refractivity contribution in [2.24, 2.45) is 0 Å². The molecule has 2 atom stereocenters. The smallest absolute Gasteiger partial charge is 0.264 e. The fourth-order valence-corrected chi connectivity index (χ4v) is 4.44. The first kappa shape index (κ1) is 17.5. The number of aryl methyl sites for hydroxylation is 1. The summed E-state index contributed by atoms with van der Waals surface area (Å²) in [6, 6.07) is 12.2. The highest BCUT2D eigenvalue weighted by molar-refractivity contribution is 7.89. The van der Waals surface area contributed by atoms with Crippen molar-refractivity contribution in [3.8, 4) is 0 Å². The first-order valence-electron chi connectivity index (χ1n) is 8.00. The Kier molecular flexibility index (Phi) is 4.56. The Morgan fingerprint density at radius 1 is 1.00 bits per heavy atom. The maximum Gasteiger partial charge on any atom is 0.264 e. The number of hydrogen-bond donors (Lipinski definition) is 0. The molecule has 0 N–H and O–H groups in total. The molecule has 0 unspecified atom stereocenters. The zero-order valence-electron chi connectivity index (χ0n) is 14.3. The zero-order chi connectivity index (χ0) is 18.2. The molecule has 4 nitrogen and oxygen atoms in total. The summed E-state index contributed by atoms with van der Waals surface area (Å²) in [6.07, 6.45) is 0.991. The van der Waals surface area contributed by atoms with Gasteiger partial charge in [-0.3, -0.25) is 4.31 Å². The molecular weight excluding hydrogens is 341 g/mol. The molecule has 1 heterocycles. The summed E-state index contributed by atoms with van der Waals surface area (Å²) < 4.78 is 46.5. The van der Waals surface area contributed by atoms with Crippen molar-refractivity contribution in [3.63, 3.8) is 0 Å². The molecule has 6 heteroatoms. The first-order valence-corrected chi connectivity index (χ1v) is 9.44. The van der Waals surface area contributed by atoms with Gasteiger partial charge in [0, 0.05) is 0 Å². The normalized spacial score (nSPS) is 20.8. The predicted molar refractivity (Wildman–Crippen MR) is 93.6 cm³/mol. The van der Waals surface area contributed by atoms with Gasteiger partial charge in [0.25, 0.3) is 10.0 Å². The molecule has 1 aliphatic rings. The predicted octanol–water partition coefficient (Wildman–Crippen LogP) is 4.15. The van der Waals surface area contributed by atoms with Gasteiger partial charge >= 0.3 is 0 Å². The average Bonchev–Trinajstić information content (AvgIpc) is 2.58. The monoisotopic (exact) mass is 361 g/mol. The van der Waals surface area contributed by atoms with Crippen LogP contribution in [-0.4, -0.2) is 18.8 Å². The van der Waals surface area contributed by atoms with E-state index in [1.807, 2.05) is 6.92 Å². The molecule has 1 aliphatic heterocycles. The number of nitrogens with zero attached hydrogens (tertiary/aromatic N) is 1. The number of halogens is 1. The van der Waals surface area contributed by atoms with Gasteiger partial charge in [0.15, 0.2) is 0 Å². The topological polar surface area (TPSA) is 46.6 Å². The lowest BCUT2D eigenvalue weighted by Crippen LogP contribution is -2.42. The Labute approximate surface area is 147 Å². The van der Waals surface area contributed by atoms with Crippen molar-refractivity contribution in [2.45, 2.75) is 37.8 Å². The van der Waals surface area contributed by atoms with E-state index in [0.29, 0.717) is 5.76 Å². The van der Waals surface area contributed by atoms with E-state index in [4.69, 9.17) is 4.74 Å². The number of allylic oxidation sites excluding steroid dienone is 1. The third-order valence-electron chi connectivity index (χ3n) is 4.26. The van der Waals surface area contributed by atoms with Crippen LogP contribution in [0.2, 0.25) is 0 Å². The Morgan fingerprint density at radius 2 is 1.60 bits per heavy atom. The fraction of sp³-hybridized carbons (Fsp3) is 0.263. The summed E-state index contributed by atoms with van der Waals surface area (Å²) in [5, 5.41) is 0. The lowest BCUT2D eigenvalue weighted by Gasteiger charge is -2.38. The summed E-state index contributed by atoms with van der Waals surface area (Å²) >= 11 is 0. The van der Waals surface area contributed by atoms with E-state index >= 15 is 0 Å². The van der Waals surface area contributed by atoms with Crippen LogP contribution in [0.3, 0.4) is 0 Å². The maximum absolute atomic E-state index is 13.2. The minimum Gasteiger partial charge on any atom is -0.487 e. The molecule has 0 fully saturated rings. The SMILES string of the molecule is CC1=CN(S(=O)(=O)c2ccc(C)cc2)[C@H](C)[C@H](c2ccc(F)cc2)O1. The van der Waals surface area contributed by atoms with Crippen LogP contribution in [-0.2, 0) is 14.8 Å². The van der Waals surface area contributed by atoms with E-state index in [-0.39, 0.29) is 10.7 Å². The fourth-order valence-electron chi connectivity index (χ4n) is 2.88. The number of sulfonamides is 1. The molecule has 2 aromatic carbocycles. The van der Waals surface area contributed by atoms with Crippen LogP contribution < -0.4 is 0 Å². The second-order valence-corrected chi connectivity index (χ2v) is 8.06.